The summed E-state index contributed by atoms with van der Waals surface area (Å²) in [7, 11) is 1.99. The maximum absolute atomic E-state index is 13.1. The molecule has 2 nitrogen and oxygen atoms in total. The van der Waals surface area contributed by atoms with Gasteiger partial charge in [-0.1, -0.05) is 12.1 Å². The van der Waals surface area contributed by atoms with Gasteiger partial charge < -0.3 is 0 Å². The van der Waals surface area contributed by atoms with Crippen molar-refractivity contribution < 1.29 is 4.39 Å². The van der Waals surface area contributed by atoms with Gasteiger partial charge in [-0.3, -0.25) is 9.88 Å². The fourth-order valence-electron chi connectivity index (χ4n) is 1.78. The number of rotatable bonds is 4. The molecule has 0 amide bonds. The standard InChI is InChI=1S/C14H14BrFN2/c1-18(9-11-3-2-4-13(16)7-11)10-14-6-5-12(15)8-17-14/h2-8H,9-10H2,1H3. The average Bonchev–Trinajstić information content (AvgIpc) is 2.32. The quantitative estimate of drug-likeness (QED) is 0.857. The van der Waals surface area contributed by atoms with E-state index in [2.05, 4.69) is 25.8 Å². The number of benzene rings is 1. The Balaban J connectivity index is 1.96. The van der Waals surface area contributed by atoms with Crippen molar-refractivity contribution >= 4 is 15.9 Å². The summed E-state index contributed by atoms with van der Waals surface area (Å²) in [6.45, 7) is 1.44. The molecule has 0 aliphatic rings. The smallest absolute Gasteiger partial charge is 0.123 e. The Morgan fingerprint density at radius 2 is 2.06 bits per heavy atom. The predicted molar refractivity (Wildman–Crippen MR) is 73.5 cm³/mol. The fraction of sp³-hybridized carbons (Fsp3) is 0.214. The minimum atomic E-state index is -0.192. The topological polar surface area (TPSA) is 16.1 Å². The number of hydrogen-bond donors (Lipinski definition) is 0. The van der Waals surface area contributed by atoms with Crippen LogP contribution in [-0.2, 0) is 13.1 Å². The summed E-state index contributed by atoms with van der Waals surface area (Å²) in [5, 5.41) is 0. The van der Waals surface area contributed by atoms with Crippen molar-refractivity contribution in [1.29, 1.82) is 0 Å². The van der Waals surface area contributed by atoms with Crippen molar-refractivity contribution in [3.63, 3.8) is 0 Å². The zero-order chi connectivity index (χ0) is 13.0. The van der Waals surface area contributed by atoms with Crippen LogP contribution in [0.4, 0.5) is 4.39 Å². The van der Waals surface area contributed by atoms with Gasteiger partial charge in [0.25, 0.3) is 0 Å². The van der Waals surface area contributed by atoms with E-state index in [9.17, 15) is 4.39 Å². The molecule has 94 valence electrons. The van der Waals surface area contributed by atoms with Crippen LogP contribution in [0.3, 0.4) is 0 Å². The van der Waals surface area contributed by atoms with E-state index in [1.165, 1.54) is 6.07 Å². The van der Waals surface area contributed by atoms with E-state index in [0.29, 0.717) is 6.54 Å². The van der Waals surface area contributed by atoms with Gasteiger partial charge in [0.15, 0.2) is 0 Å². The van der Waals surface area contributed by atoms with E-state index in [1.54, 1.807) is 18.3 Å². The first-order valence-electron chi connectivity index (χ1n) is 5.67. The van der Waals surface area contributed by atoms with Crippen molar-refractivity contribution in [3.05, 3.63) is 64.1 Å². The molecule has 0 saturated carbocycles. The molecule has 0 saturated heterocycles. The molecule has 0 spiro atoms. The predicted octanol–water partition coefficient (Wildman–Crippen LogP) is 3.62. The second-order valence-corrected chi connectivity index (χ2v) is 5.19. The van der Waals surface area contributed by atoms with Gasteiger partial charge >= 0.3 is 0 Å². The van der Waals surface area contributed by atoms with Crippen LogP contribution in [0.2, 0.25) is 0 Å². The normalized spacial score (nSPS) is 10.9. The van der Waals surface area contributed by atoms with Gasteiger partial charge in [0.2, 0.25) is 0 Å². The highest BCUT2D eigenvalue weighted by Crippen LogP contribution is 2.11. The highest BCUT2D eigenvalue weighted by Gasteiger charge is 2.03. The Labute approximate surface area is 115 Å². The number of aromatic nitrogens is 1. The molecule has 0 aliphatic carbocycles. The Morgan fingerprint density at radius 3 is 2.72 bits per heavy atom. The minimum Gasteiger partial charge on any atom is -0.296 e. The Bertz CT molecular complexity index is 513. The first kappa shape index (κ1) is 13.2. The first-order valence-corrected chi connectivity index (χ1v) is 6.46. The third-order valence-corrected chi connectivity index (χ3v) is 3.03. The highest BCUT2D eigenvalue weighted by molar-refractivity contribution is 9.10. The van der Waals surface area contributed by atoms with Crippen molar-refractivity contribution in [3.8, 4) is 0 Å². The maximum atomic E-state index is 13.1. The second-order valence-electron chi connectivity index (χ2n) is 4.27. The van der Waals surface area contributed by atoms with E-state index in [-0.39, 0.29) is 5.82 Å². The van der Waals surface area contributed by atoms with E-state index < -0.39 is 0 Å². The van der Waals surface area contributed by atoms with Crippen LogP contribution in [0, 0.1) is 5.82 Å². The molecule has 1 aromatic carbocycles. The van der Waals surface area contributed by atoms with Gasteiger partial charge in [0.1, 0.15) is 5.82 Å². The van der Waals surface area contributed by atoms with Crippen LogP contribution in [0.1, 0.15) is 11.3 Å². The first-order chi connectivity index (χ1) is 8.63. The third kappa shape index (κ3) is 3.89. The van der Waals surface area contributed by atoms with E-state index in [0.717, 1.165) is 22.3 Å². The number of halogens is 2. The number of nitrogens with zero attached hydrogens (tertiary/aromatic N) is 2. The molecule has 0 aliphatic heterocycles. The van der Waals surface area contributed by atoms with Gasteiger partial charge in [0.05, 0.1) is 5.69 Å². The zero-order valence-electron chi connectivity index (χ0n) is 10.1. The van der Waals surface area contributed by atoms with E-state index in [4.69, 9.17) is 0 Å². The molecule has 0 atom stereocenters. The SMILES string of the molecule is CN(Cc1cccc(F)c1)Cc1ccc(Br)cn1. The van der Waals surface area contributed by atoms with Gasteiger partial charge in [-0.2, -0.15) is 0 Å². The average molecular weight is 309 g/mol. The van der Waals surface area contributed by atoms with E-state index in [1.807, 2.05) is 25.2 Å². The lowest BCUT2D eigenvalue weighted by Gasteiger charge is -2.16. The van der Waals surface area contributed by atoms with Crippen LogP contribution in [0.5, 0.6) is 0 Å². The van der Waals surface area contributed by atoms with Crippen LogP contribution < -0.4 is 0 Å². The van der Waals surface area contributed by atoms with Crippen LogP contribution in [-0.4, -0.2) is 16.9 Å². The number of pyridine rings is 1. The summed E-state index contributed by atoms with van der Waals surface area (Å²) in [6, 6.07) is 10.6. The van der Waals surface area contributed by atoms with Gasteiger partial charge in [-0.05, 0) is 52.8 Å². The molecule has 2 aromatic rings. The molecular weight excluding hydrogens is 295 g/mol. The molecular formula is C14H14BrFN2. The summed E-state index contributed by atoms with van der Waals surface area (Å²) < 4.78 is 14.0. The summed E-state index contributed by atoms with van der Waals surface area (Å²) in [5.41, 5.74) is 1.96. The Morgan fingerprint density at radius 1 is 1.22 bits per heavy atom. The van der Waals surface area contributed by atoms with Gasteiger partial charge in [0, 0.05) is 23.8 Å². The molecule has 0 N–H and O–H groups in total. The highest BCUT2D eigenvalue weighted by atomic mass is 79.9. The molecule has 1 aromatic heterocycles. The summed E-state index contributed by atoms with van der Waals surface area (Å²) >= 11 is 3.36. The Hall–Kier alpha value is -1.26. The van der Waals surface area contributed by atoms with Crippen LogP contribution in [0.25, 0.3) is 0 Å². The van der Waals surface area contributed by atoms with Crippen molar-refractivity contribution in [1.82, 2.24) is 9.88 Å². The van der Waals surface area contributed by atoms with E-state index >= 15 is 0 Å². The maximum Gasteiger partial charge on any atom is 0.123 e. The lowest BCUT2D eigenvalue weighted by atomic mass is 10.2. The summed E-state index contributed by atoms with van der Waals surface area (Å²) in [4.78, 5) is 6.42. The molecule has 0 unspecified atom stereocenters. The Kier molecular flexibility index (Phi) is 4.44. The molecule has 18 heavy (non-hydrogen) atoms. The van der Waals surface area contributed by atoms with Crippen molar-refractivity contribution in [2.24, 2.45) is 0 Å². The molecule has 1 heterocycles. The molecule has 0 bridgehead atoms. The van der Waals surface area contributed by atoms with Gasteiger partial charge in [-0.15, -0.1) is 0 Å². The monoisotopic (exact) mass is 308 g/mol. The summed E-state index contributed by atoms with van der Waals surface area (Å²) in [6.07, 6.45) is 1.78. The molecule has 4 heteroatoms. The van der Waals surface area contributed by atoms with Crippen LogP contribution in [0.15, 0.2) is 47.1 Å². The largest absolute Gasteiger partial charge is 0.296 e. The van der Waals surface area contributed by atoms with Crippen molar-refractivity contribution in [2.75, 3.05) is 7.05 Å². The zero-order valence-corrected chi connectivity index (χ0v) is 11.7. The lowest BCUT2D eigenvalue weighted by Crippen LogP contribution is -2.17. The second kappa shape index (κ2) is 6.07. The minimum absolute atomic E-state index is 0.192. The van der Waals surface area contributed by atoms with Gasteiger partial charge in [-0.25, -0.2) is 4.39 Å². The lowest BCUT2D eigenvalue weighted by molar-refractivity contribution is 0.314. The molecule has 0 fully saturated rings. The van der Waals surface area contributed by atoms with Crippen molar-refractivity contribution in [2.45, 2.75) is 13.1 Å². The molecule has 2 rings (SSSR count). The molecule has 0 radical (unpaired) electrons. The summed E-state index contributed by atoms with van der Waals surface area (Å²) in [5.74, 6) is -0.192. The third-order valence-electron chi connectivity index (χ3n) is 2.56. The number of hydrogen-bond acceptors (Lipinski definition) is 2. The fourth-order valence-corrected chi connectivity index (χ4v) is 2.01. The van der Waals surface area contributed by atoms with Crippen LogP contribution >= 0.6 is 15.9 Å².